The lowest BCUT2D eigenvalue weighted by Gasteiger charge is -2.13. The number of halogens is 1. The SMILES string of the molecule is COc1cc(C(=O)O)cc(Br)c1OCCc1nccn1C. The normalized spacial score (nSPS) is 10.4. The monoisotopic (exact) mass is 354 g/mol. The molecule has 2 rings (SSSR count). The van der Waals surface area contributed by atoms with Crippen molar-refractivity contribution in [2.75, 3.05) is 13.7 Å². The molecule has 0 aliphatic heterocycles. The number of methoxy groups -OCH3 is 1. The Morgan fingerprint density at radius 1 is 1.48 bits per heavy atom. The summed E-state index contributed by atoms with van der Waals surface area (Å²) in [4.78, 5) is 15.2. The summed E-state index contributed by atoms with van der Waals surface area (Å²) in [6, 6.07) is 2.92. The number of aryl methyl sites for hydroxylation is 1. The van der Waals surface area contributed by atoms with E-state index in [9.17, 15) is 4.79 Å². The van der Waals surface area contributed by atoms with Gasteiger partial charge in [0.25, 0.3) is 0 Å². The average Bonchev–Trinajstić information content (AvgIpc) is 2.85. The van der Waals surface area contributed by atoms with E-state index in [1.54, 1.807) is 6.20 Å². The van der Waals surface area contributed by atoms with Gasteiger partial charge in [-0.2, -0.15) is 0 Å². The first-order chi connectivity index (χ1) is 10.0. The van der Waals surface area contributed by atoms with Crippen LogP contribution in [0.3, 0.4) is 0 Å². The molecule has 0 saturated heterocycles. The number of aromatic nitrogens is 2. The van der Waals surface area contributed by atoms with Crippen molar-refractivity contribution in [3.63, 3.8) is 0 Å². The van der Waals surface area contributed by atoms with Crippen molar-refractivity contribution in [2.24, 2.45) is 7.05 Å². The van der Waals surface area contributed by atoms with Gasteiger partial charge in [-0.25, -0.2) is 9.78 Å². The summed E-state index contributed by atoms with van der Waals surface area (Å²) in [6.07, 6.45) is 4.24. The Kier molecular flexibility index (Phi) is 4.85. The van der Waals surface area contributed by atoms with Gasteiger partial charge >= 0.3 is 5.97 Å². The molecular weight excluding hydrogens is 340 g/mol. The second-order valence-corrected chi connectivity index (χ2v) is 5.20. The Hall–Kier alpha value is -2.02. The van der Waals surface area contributed by atoms with E-state index in [4.69, 9.17) is 14.6 Å². The minimum Gasteiger partial charge on any atom is -0.493 e. The molecule has 1 aromatic carbocycles. The molecule has 112 valence electrons. The van der Waals surface area contributed by atoms with E-state index < -0.39 is 5.97 Å². The predicted molar refractivity (Wildman–Crippen MR) is 80.1 cm³/mol. The molecule has 0 atom stereocenters. The summed E-state index contributed by atoms with van der Waals surface area (Å²) < 4.78 is 13.4. The fourth-order valence-corrected chi connectivity index (χ4v) is 2.42. The maximum atomic E-state index is 11.0. The number of rotatable bonds is 6. The summed E-state index contributed by atoms with van der Waals surface area (Å²) in [5.74, 6) is 0.749. The number of nitrogens with zero attached hydrogens (tertiary/aromatic N) is 2. The van der Waals surface area contributed by atoms with E-state index in [-0.39, 0.29) is 5.56 Å². The molecule has 0 saturated carbocycles. The van der Waals surface area contributed by atoms with E-state index in [0.29, 0.717) is 29.0 Å². The fraction of sp³-hybridized carbons (Fsp3) is 0.286. The lowest BCUT2D eigenvalue weighted by molar-refractivity contribution is 0.0696. The highest BCUT2D eigenvalue weighted by atomic mass is 79.9. The molecule has 1 aromatic heterocycles. The molecule has 1 N–H and O–H groups in total. The minimum absolute atomic E-state index is 0.134. The quantitative estimate of drug-likeness (QED) is 0.862. The van der Waals surface area contributed by atoms with Crippen molar-refractivity contribution in [3.05, 3.63) is 40.4 Å². The van der Waals surface area contributed by atoms with E-state index in [0.717, 1.165) is 5.82 Å². The lowest BCUT2D eigenvalue weighted by Crippen LogP contribution is -2.08. The van der Waals surface area contributed by atoms with Crippen molar-refractivity contribution in [1.82, 2.24) is 9.55 Å². The van der Waals surface area contributed by atoms with Crippen LogP contribution in [0, 0.1) is 0 Å². The van der Waals surface area contributed by atoms with Crippen molar-refractivity contribution >= 4 is 21.9 Å². The first kappa shape index (κ1) is 15.4. The Labute approximate surface area is 130 Å². The van der Waals surface area contributed by atoms with Crippen LogP contribution in [0.2, 0.25) is 0 Å². The topological polar surface area (TPSA) is 73.6 Å². The fourth-order valence-electron chi connectivity index (χ4n) is 1.87. The third kappa shape index (κ3) is 3.55. The van der Waals surface area contributed by atoms with Crippen LogP contribution in [0.5, 0.6) is 11.5 Å². The molecule has 0 spiro atoms. The zero-order valence-corrected chi connectivity index (χ0v) is 13.3. The van der Waals surface area contributed by atoms with Crippen molar-refractivity contribution in [2.45, 2.75) is 6.42 Å². The third-order valence-electron chi connectivity index (χ3n) is 2.97. The third-order valence-corrected chi connectivity index (χ3v) is 3.56. The van der Waals surface area contributed by atoms with Crippen molar-refractivity contribution < 1.29 is 19.4 Å². The van der Waals surface area contributed by atoms with Gasteiger partial charge in [0.15, 0.2) is 11.5 Å². The average molecular weight is 355 g/mol. The number of carboxylic acids is 1. The number of imidazole rings is 1. The Balaban J connectivity index is 2.12. The Bertz CT molecular complexity index is 654. The highest BCUT2D eigenvalue weighted by Crippen LogP contribution is 2.36. The number of aromatic carboxylic acids is 1. The molecule has 21 heavy (non-hydrogen) atoms. The first-order valence-electron chi connectivity index (χ1n) is 6.22. The van der Waals surface area contributed by atoms with Crippen LogP contribution >= 0.6 is 15.9 Å². The van der Waals surface area contributed by atoms with Crippen LogP contribution in [-0.2, 0) is 13.5 Å². The number of carbonyl (C=O) groups is 1. The standard InChI is InChI=1S/C14H15BrN2O4/c1-17-5-4-16-12(17)3-6-21-13-10(15)7-9(14(18)19)8-11(13)20-2/h4-5,7-8H,3,6H2,1-2H3,(H,18,19). The molecule has 0 amide bonds. The zero-order valence-electron chi connectivity index (χ0n) is 11.7. The van der Waals surface area contributed by atoms with E-state index in [2.05, 4.69) is 20.9 Å². The van der Waals surface area contributed by atoms with Gasteiger partial charge in [-0.3, -0.25) is 0 Å². The van der Waals surface area contributed by atoms with E-state index in [1.165, 1.54) is 19.2 Å². The molecular formula is C14H15BrN2O4. The molecule has 0 unspecified atom stereocenters. The zero-order chi connectivity index (χ0) is 15.4. The molecule has 2 aromatic rings. The predicted octanol–water partition coefficient (Wildman–Crippen LogP) is 2.51. The highest BCUT2D eigenvalue weighted by molar-refractivity contribution is 9.10. The lowest BCUT2D eigenvalue weighted by atomic mass is 10.2. The van der Waals surface area contributed by atoms with Gasteiger partial charge in [0.05, 0.1) is 23.8 Å². The first-order valence-corrected chi connectivity index (χ1v) is 7.02. The molecule has 0 fully saturated rings. The van der Waals surface area contributed by atoms with Gasteiger partial charge in [-0.1, -0.05) is 0 Å². The molecule has 0 aliphatic rings. The van der Waals surface area contributed by atoms with E-state index in [1.807, 2.05) is 17.8 Å². The highest BCUT2D eigenvalue weighted by Gasteiger charge is 2.15. The summed E-state index contributed by atoms with van der Waals surface area (Å²) in [5, 5.41) is 9.02. The molecule has 0 aliphatic carbocycles. The molecule has 6 nitrogen and oxygen atoms in total. The minimum atomic E-state index is -1.02. The number of ether oxygens (including phenoxy) is 2. The Morgan fingerprint density at radius 3 is 2.81 bits per heavy atom. The number of hydrogen-bond acceptors (Lipinski definition) is 4. The molecule has 0 bridgehead atoms. The van der Waals surface area contributed by atoms with Crippen LogP contribution in [0.25, 0.3) is 0 Å². The van der Waals surface area contributed by atoms with Crippen LogP contribution in [0.15, 0.2) is 29.0 Å². The maximum Gasteiger partial charge on any atom is 0.335 e. The van der Waals surface area contributed by atoms with Gasteiger partial charge in [0.1, 0.15) is 5.82 Å². The smallest absolute Gasteiger partial charge is 0.335 e. The van der Waals surface area contributed by atoms with Crippen molar-refractivity contribution in [1.29, 1.82) is 0 Å². The van der Waals surface area contributed by atoms with Gasteiger partial charge in [-0.15, -0.1) is 0 Å². The van der Waals surface area contributed by atoms with Crippen molar-refractivity contribution in [3.8, 4) is 11.5 Å². The van der Waals surface area contributed by atoms with Crippen LogP contribution in [-0.4, -0.2) is 34.3 Å². The van der Waals surface area contributed by atoms with Crippen LogP contribution in [0.4, 0.5) is 0 Å². The summed E-state index contributed by atoms with van der Waals surface area (Å²) in [5.41, 5.74) is 0.134. The Morgan fingerprint density at radius 2 is 2.24 bits per heavy atom. The van der Waals surface area contributed by atoms with Gasteiger partial charge in [0, 0.05) is 25.9 Å². The summed E-state index contributed by atoms with van der Waals surface area (Å²) in [6.45, 7) is 0.409. The van der Waals surface area contributed by atoms with Gasteiger partial charge in [0.2, 0.25) is 0 Å². The second-order valence-electron chi connectivity index (χ2n) is 4.35. The van der Waals surface area contributed by atoms with Crippen LogP contribution in [0.1, 0.15) is 16.2 Å². The summed E-state index contributed by atoms with van der Waals surface area (Å²) in [7, 11) is 3.39. The number of carboxylic acid groups (broad SMARTS) is 1. The molecule has 0 radical (unpaired) electrons. The van der Waals surface area contributed by atoms with E-state index >= 15 is 0 Å². The van der Waals surface area contributed by atoms with Crippen LogP contribution < -0.4 is 9.47 Å². The van der Waals surface area contributed by atoms with Gasteiger partial charge in [-0.05, 0) is 28.1 Å². The maximum absolute atomic E-state index is 11.0. The summed E-state index contributed by atoms with van der Waals surface area (Å²) >= 11 is 3.31. The largest absolute Gasteiger partial charge is 0.493 e. The molecule has 1 heterocycles. The molecule has 7 heteroatoms. The number of hydrogen-bond donors (Lipinski definition) is 1. The number of benzene rings is 1. The second kappa shape index (κ2) is 6.62. The van der Waals surface area contributed by atoms with Gasteiger partial charge < -0.3 is 19.1 Å².